The van der Waals surface area contributed by atoms with Crippen molar-refractivity contribution in [1.82, 2.24) is 0 Å². The van der Waals surface area contributed by atoms with Crippen LogP contribution in [0, 0.1) is 28.1 Å². The molecule has 0 radical (unpaired) electrons. The molecule has 0 aromatic heterocycles. The molecule has 0 bridgehead atoms. The molecule has 2 unspecified atom stereocenters. The first-order valence-electron chi connectivity index (χ1n) is 10.3. The molecule has 10 heteroatoms. The molecule has 7 aliphatic rings. The number of hydrogen-bond acceptors (Lipinski definition) is 10. The number of esters is 3. The van der Waals surface area contributed by atoms with Gasteiger partial charge in [0.2, 0.25) is 11.9 Å². The molecule has 4 aliphatic heterocycles. The lowest BCUT2D eigenvalue weighted by Crippen LogP contribution is -2.68. The minimum atomic E-state index is -2.23. The van der Waals surface area contributed by atoms with Crippen LogP contribution >= 0.6 is 0 Å². The van der Waals surface area contributed by atoms with Crippen molar-refractivity contribution in [3.8, 4) is 0 Å². The molecular weight excluding hydrogens is 400 g/mol. The number of aliphatic hydroxyl groups excluding tert-OH is 1. The van der Waals surface area contributed by atoms with Gasteiger partial charge < -0.3 is 34.3 Å². The standard InChI is InChI=1S/C20H22O10/c1-6-11(22)28-10-9(21)18-8-4-7-15(2,3)5-16(25)12(23)29-14(17(7,16)18)30-20(18,13(24)27-8)19(6,10)26/h6-10,14,21,25-26H,4-5H2,1-3H3/t6-,7+,8-,9+,10+,14+,16-,17?,18?,19-,20-/m1/s1. The van der Waals surface area contributed by atoms with Gasteiger partial charge in [0.25, 0.3) is 0 Å². The Hall–Kier alpha value is -1.75. The molecule has 7 fully saturated rings. The maximum atomic E-state index is 13.4. The molecule has 3 N–H and O–H groups in total. The predicted octanol–water partition coefficient (Wildman–Crippen LogP) is -1.62. The van der Waals surface area contributed by atoms with E-state index in [9.17, 15) is 29.7 Å². The summed E-state index contributed by atoms with van der Waals surface area (Å²) in [6.07, 6.45) is -5.03. The molecule has 7 rings (SSSR count). The number of hydrogen-bond donors (Lipinski definition) is 3. The Morgan fingerprint density at radius 3 is 2.40 bits per heavy atom. The Balaban J connectivity index is 1.62. The van der Waals surface area contributed by atoms with Crippen LogP contribution in [-0.2, 0) is 33.3 Å². The number of fused-ring (bicyclic) bond motifs is 1. The van der Waals surface area contributed by atoms with E-state index in [-0.39, 0.29) is 12.8 Å². The lowest BCUT2D eigenvalue weighted by Gasteiger charge is -2.46. The molecular formula is C20H22O10. The summed E-state index contributed by atoms with van der Waals surface area (Å²) in [6.45, 7) is 5.22. The number of carbonyl (C=O) groups is 3. The molecule has 0 aromatic rings. The van der Waals surface area contributed by atoms with Crippen molar-refractivity contribution in [3.63, 3.8) is 0 Å². The van der Waals surface area contributed by atoms with Gasteiger partial charge in [0.05, 0.1) is 16.7 Å². The van der Waals surface area contributed by atoms with Gasteiger partial charge in [0.15, 0.2) is 17.3 Å². The van der Waals surface area contributed by atoms with Crippen molar-refractivity contribution in [2.45, 2.75) is 75.0 Å². The van der Waals surface area contributed by atoms with Gasteiger partial charge in [-0.15, -0.1) is 0 Å². The SMILES string of the molecule is C[C@@H]1C(=O)O[C@H]2[C@H](O)C34[C@H]5C[C@H]6C(C)(C)C[C@@]7(O)C(=O)O[C@@H](O[C@@]3(C(=O)O5)[C@@]12O)C647. The van der Waals surface area contributed by atoms with Crippen molar-refractivity contribution in [2.75, 3.05) is 0 Å². The molecule has 162 valence electrons. The van der Waals surface area contributed by atoms with Crippen LogP contribution in [0.5, 0.6) is 0 Å². The fraction of sp³-hybridized carbons (Fsp3) is 0.850. The highest BCUT2D eigenvalue weighted by atomic mass is 16.8. The lowest BCUT2D eigenvalue weighted by atomic mass is 9.52. The van der Waals surface area contributed by atoms with Crippen LogP contribution in [-0.4, -0.2) is 74.6 Å². The summed E-state index contributed by atoms with van der Waals surface area (Å²) in [5, 5.41) is 35.4. The lowest BCUT2D eigenvalue weighted by molar-refractivity contribution is -0.239. The van der Waals surface area contributed by atoms with E-state index in [0.29, 0.717) is 0 Å². The maximum Gasteiger partial charge on any atom is 0.343 e. The van der Waals surface area contributed by atoms with Crippen molar-refractivity contribution < 1.29 is 48.7 Å². The normalized spacial score (nSPS) is 65.2. The van der Waals surface area contributed by atoms with Crippen LogP contribution in [0.15, 0.2) is 0 Å². The molecule has 0 amide bonds. The zero-order valence-corrected chi connectivity index (χ0v) is 16.6. The molecule has 4 saturated heterocycles. The third kappa shape index (κ3) is 1.10. The Morgan fingerprint density at radius 2 is 1.70 bits per heavy atom. The highest BCUT2D eigenvalue weighted by Crippen LogP contribution is 2.89. The highest BCUT2D eigenvalue weighted by Gasteiger charge is 3.07. The van der Waals surface area contributed by atoms with Gasteiger partial charge in [0, 0.05) is 0 Å². The van der Waals surface area contributed by atoms with Gasteiger partial charge in [-0.1, -0.05) is 13.8 Å². The minimum Gasteiger partial charge on any atom is -0.459 e. The van der Waals surface area contributed by atoms with E-state index in [2.05, 4.69) is 0 Å². The van der Waals surface area contributed by atoms with Crippen LogP contribution in [0.4, 0.5) is 0 Å². The van der Waals surface area contributed by atoms with E-state index in [1.807, 2.05) is 13.8 Å². The number of rotatable bonds is 0. The van der Waals surface area contributed by atoms with Crippen LogP contribution in [0.1, 0.15) is 33.6 Å². The van der Waals surface area contributed by atoms with Crippen LogP contribution in [0.25, 0.3) is 0 Å². The number of ether oxygens (including phenoxy) is 4. The average Bonchev–Trinajstić information content (AvgIpc) is 3.38. The summed E-state index contributed by atoms with van der Waals surface area (Å²) in [4.78, 5) is 38.7. The first-order chi connectivity index (χ1) is 13.9. The zero-order chi connectivity index (χ0) is 21.4. The summed E-state index contributed by atoms with van der Waals surface area (Å²) in [6, 6.07) is 0. The number of aliphatic hydroxyl groups is 3. The second-order valence-electron chi connectivity index (χ2n) is 10.8. The van der Waals surface area contributed by atoms with E-state index >= 15 is 0 Å². The minimum absolute atomic E-state index is 0.0489. The summed E-state index contributed by atoms with van der Waals surface area (Å²) >= 11 is 0. The van der Waals surface area contributed by atoms with Crippen LogP contribution in [0.3, 0.4) is 0 Å². The third-order valence-corrected chi connectivity index (χ3v) is 9.87. The van der Waals surface area contributed by atoms with E-state index in [4.69, 9.17) is 18.9 Å². The second kappa shape index (κ2) is 4.15. The third-order valence-electron chi connectivity index (χ3n) is 9.87. The van der Waals surface area contributed by atoms with E-state index in [1.165, 1.54) is 6.92 Å². The van der Waals surface area contributed by atoms with Gasteiger partial charge in [-0.3, -0.25) is 4.79 Å². The van der Waals surface area contributed by atoms with Gasteiger partial charge in [0.1, 0.15) is 12.2 Å². The van der Waals surface area contributed by atoms with Gasteiger partial charge in [-0.25, -0.2) is 9.59 Å². The summed E-state index contributed by atoms with van der Waals surface area (Å²) in [7, 11) is 0. The van der Waals surface area contributed by atoms with E-state index in [1.54, 1.807) is 0 Å². The summed E-state index contributed by atoms with van der Waals surface area (Å²) in [5.41, 5.74) is -10.3. The smallest absolute Gasteiger partial charge is 0.343 e. The molecule has 30 heavy (non-hydrogen) atoms. The van der Waals surface area contributed by atoms with Gasteiger partial charge >= 0.3 is 17.9 Å². The quantitative estimate of drug-likeness (QED) is 0.307. The highest BCUT2D eigenvalue weighted by molar-refractivity contribution is 5.95. The van der Waals surface area contributed by atoms with Crippen molar-refractivity contribution >= 4 is 17.9 Å². The Labute approximate surface area is 170 Å². The first kappa shape index (κ1) is 17.9. The predicted molar refractivity (Wildman–Crippen MR) is 89.9 cm³/mol. The van der Waals surface area contributed by atoms with E-state index < -0.39 is 87.4 Å². The van der Waals surface area contributed by atoms with Crippen LogP contribution in [0.2, 0.25) is 0 Å². The van der Waals surface area contributed by atoms with E-state index in [0.717, 1.165) is 0 Å². The second-order valence-corrected chi connectivity index (χ2v) is 10.8. The Bertz CT molecular complexity index is 992. The molecule has 0 aromatic carbocycles. The topological polar surface area (TPSA) is 149 Å². The molecule has 3 aliphatic carbocycles. The first-order valence-corrected chi connectivity index (χ1v) is 10.3. The Kier molecular flexibility index (Phi) is 2.47. The Morgan fingerprint density at radius 1 is 1.00 bits per heavy atom. The van der Waals surface area contributed by atoms with Gasteiger partial charge in [-0.05, 0) is 31.1 Å². The van der Waals surface area contributed by atoms with Crippen molar-refractivity contribution in [3.05, 3.63) is 0 Å². The molecule has 10 nitrogen and oxygen atoms in total. The summed E-state index contributed by atoms with van der Waals surface area (Å²) in [5.74, 6) is -4.17. The zero-order valence-electron chi connectivity index (χ0n) is 16.6. The van der Waals surface area contributed by atoms with Crippen molar-refractivity contribution in [2.24, 2.45) is 28.1 Å². The molecule has 4 heterocycles. The molecule has 3 saturated carbocycles. The average molecular weight is 422 g/mol. The van der Waals surface area contributed by atoms with Gasteiger partial charge in [-0.2, -0.15) is 0 Å². The monoisotopic (exact) mass is 422 g/mol. The summed E-state index contributed by atoms with van der Waals surface area (Å²) < 4.78 is 22.7. The maximum absolute atomic E-state index is 13.4. The number of carbonyl (C=O) groups excluding carboxylic acids is 3. The molecule has 2 spiro atoms. The fourth-order valence-corrected chi connectivity index (χ4v) is 9.21. The largest absolute Gasteiger partial charge is 0.459 e. The molecule has 11 atom stereocenters. The van der Waals surface area contributed by atoms with Crippen LogP contribution < -0.4 is 0 Å². The fourth-order valence-electron chi connectivity index (χ4n) is 9.21. The van der Waals surface area contributed by atoms with Crippen molar-refractivity contribution in [1.29, 1.82) is 0 Å².